The van der Waals surface area contributed by atoms with E-state index in [4.69, 9.17) is 4.74 Å². The fourth-order valence-electron chi connectivity index (χ4n) is 4.27. The van der Waals surface area contributed by atoms with Crippen LogP contribution in [-0.4, -0.2) is 63.9 Å². The Kier molecular flexibility index (Phi) is 5.53. The number of carbonyl (C=O) groups excluding carboxylic acids is 3. The van der Waals surface area contributed by atoms with Crippen molar-refractivity contribution < 1.29 is 27.9 Å². The van der Waals surface area contributed by atoms with E-state index in [0.29, 0.717) is 22.3 Å². The molecule has 1 aromatic heterocycles. The van der Waals surface area contributed by atoms with Crippen LogP contribution in [0.4, 0.5) is 24.2 Å². The lowest BCUT2D eigenvalue weighted by atomic mass is 9.86. The second kappa shape index (κ2) is 7.96. The highest BCUT2D eigenvalue weighted by atomic mass is 19.3. The van der Waals surface area contributed by atoms with Crippen molar-refractivity contribution in [3.8, 4) is 0 Å². The molecule has 33 heavy (non-hydrogen) atoms. The number of fused-ring (bicyclic) bond motifs is 1. The molecule has 1 N–H and O–H groups in total. The summed E-state index contributed by atoms with van der Waals surface area (Å²) in [6, 6.07) is 4.38. The highest BCUT2D eigenvalue weighted by Gasteiger charge is 2.47. The van der Waals surface area contributed by atoms with Crippen LogP contribution in [0.3, 0.4) is 0 Å². The first-order valence-electron chi connectivity index (χ1n) is 10.8. The SMILES string of the molecule is Cn1nc(N2CCC(=O)NC2=O)c2ccc(C3CCN(C(=O)OC(C)(C)C)CC3(F)F)cc21. The van der Waals surface area contributed by atoms with Gasteiger partial charge in [0.15, 0.2) is 5.82 Å². The summed E-state index contributed by atoms with van der Waals surface area (Å²) in [7, 11) is 1.67. The lowest BCUT2D eigenvalue weighted by Crippen LogP contribution is -2.50. The number of halogens is 2. The van der Waals surface area contributed by atoms with Crippen LogP contribution in [0.1, 0.15) is 45.1 Å². The zero-order valence-electron chi connectivity index (χ0n) is 19.0. The van der Waals surface area contributed by atoms with E-state index in [1.54, 1.807) is 46.0 Å². The molecule has 0 spiro atoms. The number of carbonyl (C=O) groups is 3. The molecule has 0 bridgehead atoms. The van der Waals surface area contributed by atoms with Crippen LogP contribution in [0.5, 0.6) is 0 Å². The fraction of sp³-hybridized carbons (Fsp3) is 0.545. The lowest BCUT2D eigenvalue weighted by Gasteiger charge is -2.39. The number of amides is 4. The predicted octanol–water partition coefficient (Wildman–Crippen LogP) is 3.38. The number of piperidine rings is 1. The van der Waals surface area contributed by atoms with Gasteiger partial charge in [-0.15, -0.1) is 0 Å². The number of aromatic nitrogens is 2. The molecule has 4 rings (SSSR count). The summed E-state index contributed by atoms with van der Waals surface area (Å²) in [5.74, 6) is -4.19. The molecule has 11 heteroatoms. The third-order valence-electron chi connectivity index (χ3n) is 5.82. The van der Waals surface area contributed by atoms with Gasteiger partial charge in [-0.3, -0.25) is 19.7 Å². The summed E-state index contributed by atoms with van der Waals surface area (Å²) >= 11 is 0. The number of hydrogen-bond donors (Lipinski definition) is 1. The molecule has 3 heterocycles. The quantitative estimate of drug-likeness (QED) is 0.737. The van der Waals surface area contributed by atoms with E-state index in [1.807, 2.05) is 0 Å². The van der Waals surface area contributed by atoms with E-state index in [1.165, 1.54) is 9.58 Å². The molecular weight excluding hydrogens is 436 g/mol. The number of alkyl halides is 2. The molecule has 0 radical (unpaired) electrons. The van der Waals surface area contributed by atoms with Gasteiger partial charge in [-0.2, -0.15) is 5.10 Å². The standard InChI is InChI=1S/C22H27F2N5O4/c1-21(2,3)33-20(32)28-9-7-15(22(23,24)12-28)13-5-6-14-16(11-13)27(4)26-18(14)29-10-8-17(30)25-19(29)31/h5-6,11,15H,7-10,12H2,1-4H3,(H,25,30,31). The number of hydrogen-bond acceptors (Lipinski definition) is 5. The maximum atomic E-state index is 15.1. The monoisotopic (exact) mass is 463 g/mol. The van der Waals surface area contributed by atoms with Crippen LogP contribution in [0.25, 0.3) is 10.9 Å². The van der Waals surface area contributed by atoms with Crippen molar-refractivity contribution in [3.05, 3.63) is 23.8 Å². The van der Waals surface area contributed by atoms with Crippen molar-refractivity contribution in [3.63, 3.8) is 0 Å². The average Bonchev–Trinajstić information content (AvgIpc) is 3.01. The van der Waals surface area contributed by atoms with Crippen LogP contribution in [0, 0.1) is 0 Å². The molecule has 4 amide bonds. The van der Waals surface area contributed by atoms with E-state index in [9.17, 15) is 14.4 Å². The van der Waals surface area contributed by atoms with Crippen molar-refractivity contribution in [1.29, 1.82) is 0 Å². The number of nitrogens with zero attached hydrogens (tertiary/aromatic N) is 4. The van der Waals surface area contributed by atoms with Crippen LogP contribution >= 0.6 is 0 Å². The first kappa shape index (κ1) is 22.9. The number of nitrogens with one attached hydrogen (secondary N) is 1. The number of ether oxygens (including phenoxy) is 1. The van der Waals surface area contributed by atoms with E-state index < -0.39 is 36.1 Å². The molecule has 0 saturated carbocycles. The zero-order valence-corrected chi connectivity index (χ0v) is 19.0. The molecule has 1 aromatic carbocycles. The lowest BCUT2D eigenvalue weighted by molar-refractivity contribution is -0.120. The Balaban J connectivity index is 1.58. The van der Waals surface area contributed by atoms with Crippen LogP contribution < -0.4 is 10.2 Å². The molecule has 9 nitrogen and oxygen atoms in total. The van der Waals surface area contributed by atoms with Gasteiger partial charge in [-0.1, -0.05) is 6.07 Å². The fourth-order valence-corrected chi connectivity index (χ4v) is 4.27. The number of anilines is 1. The van der Waals surface area contributed by atoms with E-state index in [2.05, 4.69) is 10.4 Å². The Morgan fingerprint density at radius 3 is 2.61 bits per heavy atom. The van der Waals surface area contributed by atoms with Gasteiger partial charge in [-0.25, -0.2) is 18.4 Å². The molecule has 178 valence electrons. The van der Waals surface area contributed by atoms with Crippen LogP contribution in [0.15, 0.2) is 18.2 Å². The Labute approximate surface area is 189 Å². The number of rotatable bonds is 2. The third kappa shape index (κ3) is 4.49. The zero-order chi connectivity index (χ0) is 24.1. The van der Waals surface area contributed by atoms with Gasteiger partial charge in [-0.05, 0) is 44.9 Å². The van der Waals surface area contributed by atoms with Gasteiger partial charge in [0.2, 0.25) is 5.91 Å². The van der Waals surface area contributed by atoms with Crippen LogP contribution in [0.2, 0.25) is 0 Å². The molecule has 1 unspecified atom stereocenters. The van der Waals surface area contributed by atoms with E-state index in [-0.39, 0.29) is 31.8 Å². The van der Waals surface area contributed by atoms with Crippen molar-refractivity contribution in [2.45, 2.75) is 51.1 Å². The van der Waals surface area contributed by atoms with Gasteiger partial charge in [0.05, 0.1) is 18.0 Å². The van der Waals surface area contributed by atoms with Gasteiger partial charge < -0.3 is 9.64 Å². The number of benzene rings is 1. The maximum Gasteiger partial charge on any atom is 0.410 e. The highest BCUT2D eigenvalue weighted by molar-refractivity contribution is 6.08. The minimum atomic E-state index is -3.14. The Morgan fingerprint density at radius 2 is 1.97 bits per heavy atom. The molecular formula is C22H27F2N5O4. The minimum absolute atomic E-state index is 0.0824. The largest absolute Gasteiger partial charge is 0.444 e. The van der Waals surface area contributed by atoms with Gasteiger partial charge >= 0.3 is 12.1 Å². The summed E-state index contributed by atoms with van der Waals surface area (Å²) < 4.78 is 37.0. The van der Waals surface area contributed by atoms with Gasteiger partial charge in [0.1, 0.15) is 5.60 Å². The van der Waals surface area contributed by atoms with Crippen LogP contribution in [-0.2, 0) is 16.6 Å². The third-order valence-corrected chi connectivity index (χ3v) is 5.82. The van der Waals surface area contributed by atoms with Crippen molar-refractivity contribution in [1.82, 2.24) is 20.0 Å². The molecule has 0 aliphatic carbocycles. The summed E-state index contributed by atoms with van der Waals surface area (Å²) in [5.41, 5.74) is 0.270. The Morgan fingerprint density at radius 1 is 1.24 bits per heavy atom. The normalized spacial score (nSPS) is 21.3. The maximum absolute atomic E-state index is 15.1. The number of aryl methyl sites for hydroxylation is 1. The summed E-state index contributed by atoms with van der Waals surface area (Å²) in [5, 5.41) is 7.28. The van der Waals surface area contributed by atoms with Crippen molar-refractivity contribution in [2.75, 3.05) is 24.5 Å². The average molecular weight is 463 g/mol. The highest BCUT2D eigenvalue weighted by Crippen LogP contribution is 2.42. The van der Waals surface area contributed by atoms with Crippen molar-refractivity contribution >= 4 is 34.8 Å². The second-order valence-corrected chi connectivity index (χ2v) is 9.48. The molecule has 2 aliphatic heterocycles. The number of likely N-dealkylation sites (tertiary alicyclic amines) is 1. The molecule has 2 saturated heterocycles. The van der Waals surface area contributed by atoms with E-state index in [0.717, 1.165) is 4.90 Å². The molecule has 2 aliphatic rings. The predicted molar refractivity (Wildman–Crippen MR) is 116 cm³/mol. The molecule has 1 atom stereocenters. The Bertz CT molecular complexity index is 1120. The number of imide groups is 1. The molecule has 2 fully saturated rings. The van der Waals surface area contributed by atoms with Crippen molar-refractivity contribution in [2.24, 2.45) is 7.05 Å². The minimum Gasteiger partial charge on any atom is -0.444 e. The van der Waals surface area contributed by atoms with E-state index >= 15 is 8.78 Å². The smallest absolute Gasteiger partial charge is 0.410 e. The first-order valence-corrected chi connectivity index (χ1v) is 10.8. The summed E-state index contributed by atoms with van der Waals surface area (Å²) in [6.07, 6.45) is -0.505. The second-order valence-electron chi connectivity index (χ2n) is 9.48. The Hall–Kier alpha value is -3.24. The topological polar surface area (TPSA) is 96.8 Å². The van der Waals surface area contributed by atoms with Gasteiger partial charge in [0.25, 0.3) is 5.92 Å². The molecule has 2 aromatic rings. The first-order chi connectivity index (χ1) is 15.4. The summed E-state index contributed by atoms with van der Waals surface area (Å²) in [4.78, 5) is 38.4. The number of urea groups is 1. The summed E-state index contributed by atoms with van der Waals surface area (Å²) in [6.45, 7) is 4.71. The van der Waals surface area contributed by atoms with Gasteiger partial charge in [0, 0.05) is 31.9 Å².